The maximum Gasteiger partial charge on any atom is 0.153 e. The lowest BCUT2D eigenvalue weighted by atomic mass is 10.3. The van der Waals surface area contributed by atoms with E-state index in [2.05, 4.69) is 20.9 Å². The number of nitrogens with zero attached hydrogens (tertiary/aromatic N) is 1. The molecule has 1 heterocycles. The van der Waals surface area contributed by atoms with Gasteiger partial charge < -0.3 is 15.6 Å². The van der Waals surface area contributed by atoms with Gasteiger partial charge in [-0.3, -0.25) is 0 Å². The molecule has 1 N–H and O–H groups in total. The molecule has 0 aliphatic heterocycles. The number of aromatic nitrogens is 1. The van der Waals surface area contributed by atoms with Gasteiger partial charge in [0.05, 0.1) is 4.47 Å². The zero-order valence-corrected chi connectivity index (χ0v) is 8.44. The van der Waals surface area contributed by atoms with Gasteiger partial charge in [0.1, 0.15) is 10.8 Å². The van der Waals surface area contributed by atoms with Crippen molar-refractivity contribution in [3.63, 3.8) is 0 Å². The lowest BCUT2D eigenvalue weighted by Gasteiger charge is -2.25. The molecule has 0 saturated heterocycles. The Hall–Kier alpha value is -0.200. The molecule has 0 aromatic carbocycles. The second-order valence-electron chi connectivity index (χ2n) is 2.18. The van der Waals surface area contributed by atoms with E-state index in [-0.39, 0.29) is 10.8 Å². The van der Waals surface area contributed by atoms with Gasteiger partial charge >= 0.3 is 0 Å². The fourth-order valence-electron chi connectivity index (χ4n) is 0.758. The molecule has 0 radical (unpaired) electrons. The lowest BCUT2D eigenvalue weighted by Crippen LogP contribution is -2.96. The predicted octanol–water partition coefficient (Wildman–Crippen LogP) is 1.32. The van der Waals surface area contributed by atoms with E-state index in [0.29, 0.717) is 10.2 Å². The molecule has 6 heteroatoms. The van der Waals surface area contributed by atoms with Gasteiger partial charge in [-0.25, -0.2) is 4.98 Å². The summed E-state index contributed by atoms with van der Waals surface area (Å²) in [6, 6.07) is 1.38. The Bertz CT molecular complexity index is 306. The van der Waals surface area contributed by atoms with Crippen molar-refractivity contribution in [3.05, 3.63) is 31.8 Å². The van der Waals surface area contributed by atoms with Crippen LogP contribution in [-0.2, 0) is 0 Å². The summed E-state index contributed by atoms with van der Waals surface area (Å²) in [6.45, 7) is 1.56. The molecular weight excluding hydrogens is 247 g/mol. The van der Waals surface area contributed by atoms with Crippen molar-refractivity contribution >= 4 is 33.2 Å². The van der Waals surface area contributed by atoms with Crippen LogP contribution in [0.15, 0.2) is 10.5 Å². The number of pyridine rings is 1. The highest BCUT2D eigenvalue weighted by atomic mass is 79.9. The topological polar surface area (TPSA) is 63.5 Å². The van der Waals surface area contributed by atoms with Crippen LogP contribution in [0.5, 0.6) is 0 Å². The number of quaternary nitrogens is 1. The molecule has 0 bridgehead atoms. The Morgan fingerprint density at radius 3 is 2.67 bits per heavy atom. The maximum atomic E-state index is 10.5. The van der Waals surface area contributed by atoms with Crippen LogP contribution in [-0.4, -0.2) is 4.98 Å². The first-order valence-corrected chi connectivity index (χ1v) is 4.23. The third-order valence-corrected chi connectivity index (χ3v) is 2.46. The average molecular weight is 252 g/mol. The van der Waals surface area contributed by atoms with Crippen LogP contribution in [0.4, 0.5) is 5.69 Å². The normalized spacial score (nSPS) is 10.8. The number of nitrogens with one attached hydrogen (secondary N) is 1. The van der Waals surface area contributed by atoms with E-state index in [0.717, 1.165) is 0 Å². The molecule has 1 aromatic rings. The zero-order valence-electron chi connectivity index (χ0n) is 6.10. The SMILES string of the molecule is Cc1nc(Cl)c(Br)cc1[NH+]([O-])[O-]. The number of halogens is 2. The van der Waals surface area contributed by atoms with Crippen molar-refractivity contribution in [2.24, 2.45) is 0 Å². The average Bonchev–Trinajstić information content (AvgIpc) is 1.96. The minimum absolute atomic E-state index is 0.0475. The van der Waals surface area contributed by atoms with Crippen molar-refractivity contribution in [1.29, 1.82) is 0 Å². The van der Waals surface area contributed by atoms with Crippen LogP contribution in [0.1, 0.15) is 5.69 Å². The lowest BCUT2D eigenvalue weighted by molar-refractivity contribution is -0.715. The molecule has 0 unspecified atom stereocenters. The van der Waals surface area contributed by atoms with E-state index in [1.54, 1.807) is 6.92 Å². The summed E-state index contributed by atoms with van der Waals surface area (Å²) < 4.78 is 0.453. The molecule has 0 aliphatic carbocycles. The summed E-state index contributed by atoms with van der Waals surface area (Å²) >= 11 is 8.68. The minimum atomic E-state index is -1.25. The number of hydrogen-bond acceptors (Lipinski definition) is 3. The largest absolute Gasteiger partial charge is 0.628 e. The Balaban J connectivity index is 3.23. The first-order chi connectivity index (χ1) is 5.52. The monoisotopic (exact) mass is 251 g/mol. The van der Waals surface area contributed by atoms with E-state index in [1.165, 1.54) is 6.07 Å². The summed E-state index contributed by atoms with van der Waals surface area (Å²) in [5.41, 5.74) is 0.398. The fraction of sp³-hybridized carbons (Fsp3) is 0.167. The maximum absolute atomic E-state index is 10.5. The third kappa shape index (κ3) is 1.94. The molecule has 0 saturated carbocycles. The summed E-state index contributed by atoms with van der Waals surface area (Å²) in [4.78, 5) is 3.79. The van der Waals surface area contributed by atoms with Crippen molar-refractivity contribution in [3.8, 4) is 0 Å². The van der Waals surface area contributed by atoms with Gasteiger partial charge in [-0.05, 0) is 22.9 Å². The first kappa shape index (κ1) is 9.88. The van der Waals surface area contributed by atoms with Crippen LogP contribution >= 0.6 is 27.5 Å². The van der Waals surface area contributed by atoms with Gasteiger partial charge in [-0.1, -0.05) is 11.6 Å². The molecule has 0 atom stereocenters. The third-order valence-electron chi connectivity index (χ3n) is 1.34. The van der Waals surface area contributed by atoms with Crippen LogP contribution in [0, 0.1) is 17.3 Å². The number of rotatable bonds is 1. The molecule has 1 rings (SSSR count). The Morgan fingerprint density at radius 1 is 1.58 bits per heavy atom. The standard InChI is InChI=1S/C6H5BrClN2O2/c1-3-5(10(11)12)2-4(7)6(8)9-3/h2,10H,1H3/q-1. The quantitative estimate of drug-likeness (QED) is 0.605. The summed E-state index contributed by atoms with van der Waals surface area (Å²) in [6.07, 6.45) is 0. The van der Waals surface area contributed by atoms with Crippen LogP contribution in [0.2, 0.25) is 5.15 Å². The highest BCUT2D eigenvalue weighted by molar-refractivity contribution is 9.10. The molecule has 1 aromatic heterocycles. The molecule has 0 amide bonds. The van der Waals surface area contributed by atoms with E-state index in [9.17, 15) is 10.4 Å². The Kier molecular flexibility index (Phi) is 3.03. The summed E-state index contributed by atoms with van der Waals surface area (Å²) in [5.74, 6) is 0. The summed E-state index contributed by atoms with van der Waals surface area (Å²) in [7, 11) is 0. The van der Waals surface area contributed by atoms with Gasteiger partial charge in [-0.2, -0.15) is 0 Å². The molecule has 0 fully saturated rings. The van der Waals surface area contributed by atoms with Crippen molar-refractivity contribution in [2.75, 3.05) is 0 Å². The highest BCUT2D eigenvalue weighted by Gasteiger charge is 2.07. The fourth-order valence-corrected chi connectivity index (χ4v) is 1.26. The zero-order chi connectivity index (χ0) is 9.30. The van der Waals surface area contributed by atoms with Crippen molar-refractivity contribution < 1.29 is 5.23 Å². The second-order valence-corrected chi connectivity index (χ2v) is 3.39. The van der Waals surface area contributed by atoms with Crippen LogP contribution in [0.3, 0.4) is 0 Å². The van der Waals surface area contributed by atoms with Gasteiger partial charge in [0.25, 0.3) is 0 Å². The summed E-state index contributed by atoms with van der Waals surface area (Å²) in [5, 5.41) is 19.9. The van der Waals surface area contributed by atoms with E-state index in [4.69, 9.17) is 11.6 Å². The van der Waals surface area contributed by atoms with Gasteiger partial charge in [0, 0.05) is 6.07 Å². The Morgan fingerprint density at radius 2 is 2.17 bits per heavy atom. The van der Waals surface area contributed by atoms with Crippen LogP contribution in [0.25, 0.3) is 0 Å². The Labute approximate surface area is 82.4 Å². The molecular formula is C6H5BrClN2O2-. The van der Waals surface area contributed by atoms with Gasteiger partial charge in [0.2, 0.25) is 0 Å². The first-order valence-electron chi connectivity index (χ1n) is 3.06. The van der Waals surface area contributed by atoms with Crippen molar-refractivity contribution in [1.82, 2.24) is 4.98 Å². The van der Waals surface area contributed by atoms with Gasteiger partial charge in [-0.15, -0.1) is 0 Å². The highest BCUT2D eigenvalue weighted by Crippen LogP contribution is 2.23. The number of aryl methyl sites for hydroxylation is 1. The molecule has 12 heavy (non-hydrogen) atoms. The number of hydrogen-bond donors (Lipinski definition) is 1. The predicted molar refractivity (Wildman–Crippen MR) is 49.0 cm³/mol. The molecule has 0 aliphatic rings. The van der Waals surface area contributed by atoms with Gasteiger partial charge in [0.15, 0.2) is 5.69 Å². The van der Waals surface area contributed by atoms with E-state index < -0.39 is 5.23 Å². The van der Waals surface area contributed by atoms with Crippen molar-refractivity contribution in [2.45, 2.75) is 6.92 Å². The van der Waals surface area contributed by atoms with E-state index >= 15 is 0 Å². The molecule has 0 spiro atoms. The van der Waals surface area contributed by atoms with E-state index in [1.807, 2.05) is 0 Å². The minimum Gasteiger partial charge on any atom is -0.628 e. The molecule has 66 valence electrons. The molecule has 4 nitrogen and oxygen atoms in total. The smallest absolute Gasteiger partial charge is 0.153 e. The second kappa shape index (κ2) is 3.68. The van der Waals surface area contributed by atoms with Crippen LogP contribution < -0.4 is 5.23 Å².